The lowest BCUT2D eigenvalue weighted by molar-refractivity contribution is -0.120. The van der Waals surface area contributed by atoms with E-state index in [4.69, 9.17) is 0 Å². The highest BCUT2D eigenvalue weighted by Crippen LogP contribution is 1.82. The second-order valence-corrected chi connectivity index (χ2v) is 1.55. The Labute approximate surface area is 73.7 Å². The van der Waals surface area contributed by atoms with Crippen LogP contribution in [0.25, 0.3) is 0 Å². The Kier molecular flexibility index (Phi) is 11.2. The van der Waals surface area contributed by atoms with Gasteiger partial charge in [-0.15, -0.1) is 0 Å². The summed E-state index contributed by atoms with van der Waals surface area (Å²) in [6.07, 6.45) is 0.395. The number of rotatable bonds is 0. The summed E-state index contributed by atoms with van der Waals surface area (Å²) in [5.41, 5.74) is 0. The molecule has 3 amide bonds. The zero-order valence-corrected chi connectivity index (χ0v) is 8.23. The van der Waals surface area contributed by atoms with Gasteiger partial charge in [0.2, 0.25) is 5.91 Å². The standard InChI is InChI=1S/C4H6N2O2.2C2H6/c7-3-1-2-5-4(8)6-3;2*1-2/h1-2H2,(H2,5,6,7,8);2*1-2H3. The Morgan fingerprint density at radius 3 is 1.83 bits per heavy atom. The van der Waals surface area contributed by atoms with Crippen LogP contribution in [0.4, 0.5) is 4.79 Å². The Hall–Kier alpha value is -1.06. The van der Waals surface area contributed by atoms with Crippen LogP contribution in [0.15, 0.2) is 0 Å². The minimum atomic E-state index is -0.388. The molecule has 4 nitrogen and oxygen atoms in total. The summed E-state index contributed by atoms with van der Waals surface area (Å²) in [6, 6.07) is -0.388. The van der Waals surface area contributed by atoms with Gasteiger partial charge in [-0.25, -0.2) is 4.79 Å². The van der Waals surface area contributed by atoms with Crippen molar-refractivity contribution >= 4 is 11.9 Å². The molecular formula is C8H18N2O2. The van der Waals surface area contributed by atoms with Crippen LogP contribution in [0.5, 0.6) is 0 Å². The van der Waals surface area contributed by atoms with Crippen molar-refractivity contribution in [3.05, 3.63) is 0 Å². The van der Waals surface area contributed by atoms with E-state index >= 15 is 0 Å². The molecule has 0 radical (unpaired) electrons. The normalized spacial score (nSPS) is 14.0. The van der Waals surface area contributed by atoms with E-state index in [0.717, 1.165) is 0 Å². The largest absolute Gasteiger partial charge is 0.337 e. The maximum absolute atomic E-state index is 10.3. The number of hydrogen-bond donors (Lipinski definition) is 2. The van der Waals surface area contributed by atoms with Crippen molar-refractivity contribution in [3.8, 4) is 0 Å². The van der Waals surface area contributed by atoms with Crippen LogP contribution in [-0.2, 0) is 4.79 Å². The molecule has 0 bridgehead atoms. The van der Waals surface area contributed by atoms with Crippen molar-refractivity contribution < 1.29 is 9.59 Å². The van der Waals surface area contributed by atoms with Crippen molar-refractivity contribution in [2.24, 2.45) is 0 Å². The van der Waals surface area contributed by atoms with E-state index in [0.29, 0.717) is 13.0 Å². The van der Waals surface area contributed by atoms with Crippen LogP contribution >= 0.6 is 0 Å². The van der Waals surface area contributed by atoms with Gasteiger partial charge in [0.05, 0.1) is 0 Å². The van der Waals surface area contributed by atoms with Crippen molar-refractivity contribution in [3.63, 3.8) is 0 Å². The molecule has 0 unspecified atom stereocenters. The predicted octanol–water partition coefficient (Wildman–Crippen LogP) is 1.27. The molecule has 0 aliphatic carbocycles. The van der Waals surface area contributed by atoms with E-state index in [1.807, 2.05) is 27.7 Å². The summed E-state index contributed by atoms with van der Waals surface area (Å²) >= 11 is 0. The number of nitrogens with one attached hydrogen (secondary N) is 2. The van der Waals surface area contributed by atoms with Crippen molar-refractivity contribution in [1.29, 1.82) is 0 Å². The fraction of sp³-hybridized carbons (Fsp3) is 0.750. The van der Waals surface area contributed by atoms with E-state index in [1.54, 1.807) is 0 Å². The van der Waals surface area contributed by atoms with Gasteiger partial charge in [-0.2, -0.15) is 0 Å². The van der Waals surface area contributed by atoms with E-state index in [9.17, 15) is 9.59 Å². The first kappa shape index (κ1) is 13.5. The van der Waals surface area contributed by atoms with E-state index in [1.165, 1.54) is 0 Å². The van der Waals surface area contributed by atoms with E-state index < -0.39 is 0 Å². The Morgan fingerprint density at radius 1 is 1.08 bits per heavy atom. The van der Waals surface area contributed by atoms with Gasteiger partial charge in [-0.05, 0) is 0 Å². The highest BCUT2D eigenvalue weighted by molar-refractivity contribution is 5.96. The zero-order chi connectivity index (χ0) is 9.98. The smallest absolute Gasteiger partial charge is 0.321 e. The van der Waals surface area contributed by atoms with Gasteiger partial charge in [-0.1, -0.05) is 27.7 Å². The van der Waals surface area contributed by atoms with Crippen LogP contribution < -0.4 is 10.6 Å². The maximum atomic E-state index is 10.3. The summed E-state index contributed by atoms with van der Waals surface area (Å²) in [4.78, 5) is 20.5. The maximum Gasteiger partial charge on any atom is 0.321 e. The number of carbonyl (C=O) groups is 2. The van der Waals surface area contributed by atoms with Gasteiger partial charge < -0.3 is 5.32 Å². The lowest BCUT2D eigenvalue weighted by Gasteiger charge is -2.10. The van der Waals surface area contributed by atoms with Crippen LogP contribution in [0.1, 0.15) is 34.1 Å². The predicted molar refractivity (Wildman–Crippen MR) is 48.9 cm³/mol. The lowest BCUT2D eigenvalue weighted by Crippen LogP contribution is -2.46. The molecule has 12 heavy (non-hydrogen) atoms. The van der Waals surface area contributed by atoms with Gasteiger partial charge in [0, 0.05) is 13.0 Å². The topological polar surface area (TPSA) is 58.2 Å². The highest BCUT2D eigenvalue weighted by atomic mass is 16.2. The fourth-order valence-corrected chi connectivity index (χ4v) is 0.523. The number of hydrogen-bond acceptors (Lipinski definition) is 2. The third kappa shape index (κ3) is 7.05. The average molecular weight is 174 g/mol. The number of urea groups is 1. The molecule has 0 spiro atoms. The van der Waals surface area contributed by atoms with Gasteiger partial charge in [0.15, 0.2) is 0 Å². The van der Waals surface area contributed by atoms with Gasteiger partial charge >= 0.3 is 6.03 Å². The Balaban J connectivity index is 0. The fourth-order valence-electron chi connectivity index (χ4n) is 0.523. The first-order valence-corrected chi connectivity index (χ1v) is 4.37. The molecule has 0 atom stereocenters. The van der Waals surface area contributed by atoms with Crippen molar-refractivity contribution in [1.82, 2.24) is 10.6 Å². The molecule has 1 rings (SSSR count). The molecule has 1 saturated heterocycles. The third-order valence-corrected chi connectivity index (χ3v) is 0.891. The van der Waals surface area contributed by atoms with Crippen LogP contribution in [0.3, 0.4) is 0 Å². The molecule has 1 heterocycles. The van der Waals surface area contributed by atoms with Crippen molar-refractivity contribution in [2.45, 2.75) is 34.1 Å². The van der Waals surface area contributed by atoms with Gasteiger partial charge in [0.1, 0.15) is 0 Å². The van der Waals surface area contributed by atoms with Crippen LogP contribution in [0.2, 0.25) is 0 Å². The minimum Gasteiger partial charge on any atom is -0.337 e. The molecule has 2 N–H and O–H groups in total. The monoisotopic (exact) mass is 174 g/mol. The SMILES string of the molecule is CC.CC.O=C1CCNC(=O)N1. The Bertz CT molecular complexity index is 121. The molecule has 0 aromatic carbocycles. The summed E-state index contributed by atoms with van der Waals surface area (Å²) in [6.45, 7) is 8.46. The van der Waals surface area contributed by atoms with Crippen LogP contribution in [0, 0.1) is 0 Å². The summed E-state index contributed by atoms with van der Waals surface area (Å²) < 4.78 is 0. The van der Waals surface area contributed by atoms with Crippen LogP contribution in [-0.4, -0.2) is 18.5 Å². The summed E-state index contributed by atoms with van der Waals surface area (Å²) in [5.74, 6) is -0.200. The molecule has 0 aromatic rings. The molecule has 1 fully saturated rings. The molecule has 0 aromatic heterocycles. The summed E-state index contributed by atoms with van der Waals surface area (Å²) in [7, 11) is 0. The van der Waals surface area contributed by atoms with E-state index in [2.05, 4.69) is 10.6 Å². The second-order valence-electron chi connectivity index (χ2n) is 1.55. The summed E-state index contributed by atoms with van der Waals surface area (Å²) in [5, 5.41) is 4.53. The van der Waals surface area contributed by atoms with Gasteiger partial charge in [-0.3, -0.25) is 10.1 Å². The molecule has 0 saturated carbocycles. The Morgan fingerprint density at radius 2 is 1.58 bits per heavy atom. The molecule has 1 aliphatic heterocycles. The highest BCUT2D eigenvalue weighted by Gasteiger charge is 2.11. The molecule has 4 heteroatoms. The molecule has 1 aliphatic rings. The minimum absolute atomic E-state index is 0.200. The van der Waals surface area contributed by atoms with Gasteiger partial charge in [0.25, 0.3) is 0 Å². The lowest BCUT2D eigenvalue weighted by atomic mass is 10.3. The second kappa shape index (κ2) is 9.94. The number of imide groups is 1. The molecule has 72 valence electrons. The van der Waals surface area contributed by atoms with Crippen molar-refractivity contribution in [2.75, 3.05) is 6.54 Å². The first-order chi connectivity index (χ1) is 5.79. The zero-order valence-electron chi connectivity index (χ0n) is 8.23. The number of amides is 3. The first-order valence-electron chi connectivity index (χ1n) is 4.37. The number of carbonyl (C=O) groups excluding carboxylic acids is 2. The molecular weight excluding hydrogens is 156 g/mol. The third-order valence-electron chi connectivity index (χ3n) is 0.891. The quantitative estimate of drug-likeness (QED) is 0.581. The average Bonchev–Trinajstić information content (AvgIpc) is 2.11. The van der Waals surface area contributed by atoms with E-state index in [-0.39, 0.29) is 11.9 Å².